The van der Waals surface area contributed by atoms with Crippen LogP contribution in [0.15, 0.2) is 12.1 Å². The van der Waals surface area contributed by atoms with Crippen molar-refractivity contribution in [1.82, 2.24) is 14.8 Å². The molecule has 1 amide bonds. The molecule has 0 aromatic carbocycles. The van der Waals surface area contributed by atoms with Crippen LogP contribution in [-0.4, -0.2) is 52.5 Å². The zero-order valence-electron chi connectivity index (χ0n) is 14.8. The van der Waals surface area contributed by atoms with Gasteiger partial charge in [-0.25, -0.2) is 4.98 Å². The molecule has 4 aliphatic rings. The summed E-state index contributed by atoms with van der Waals surface area (Å²) in [5, 5.41) is 0. The first-order chi connectivity index (χ1) is 12.3. The van der Waals surface area contributed by atoms with Gasteiger partial charge in [0.1, 0.15) is 6.10 Å². The van der Waals surface area contributed by atoms with Crippen molar-refractivity contribution in [2.24, 2.45) is 0 Å². The summed E-state index contributed by atoms with van der Waals surface area (Å²) in [4.78, 5) is 21.6. The predicted molar refractivity (Wildman–Crippen MR) is 94.5 cm³/mol. The van der Waals surface area contributed by atoms with Crippen LogP contribution in [-0.2, 0) is 11.2 Å². The summed E-state index contributed by atoms with van der Waals surface area (Å²) < 4.78 is 6.21. The molecule has 2 saturated heterocycles. The van der Waals surface area contributed by atoms with Crippen molar-refractivity contribution < 1.29 is 9.53 Å². The molecule has 1 aromatic heterocycles. The van der Waals surface area contributed by atoms with Gasteiger partial charge >= 0.3 is 0 Å². The Bertz CT molecular complexity index is 673. The molecule has 3 aliphatic heterocycles. The normalized spacial score (nSPS) is 29.9. The Morgan fingerprint density at radius 1 is 1.04 bits per heavy atom. The van der Waals surface area contributed by atoms with Crippen molar-refractivity contribution in [3.8, 4) is 5.88 Å². The molecule has 1 saturated carbocycles. The van der Waals surface area contributed by atoms with Crippen molar-refractivity contribution >= 4 is 5.91 Å². The first-order valence-electron chi connectivity index (χ1n) is 9.98. The fraction of sp³-hybridized carbons (Fsp3) is 0.700. The van der Waals surface area contributed by atoms with Gasteiger partial charge < -0.3 is 9.64 Å². The zero-order valence-corrected chi connectivity index (χ0v) is 14.8. The number of fused-ring (bicyclic) bond motifs is 3. The molecule has 0 N–H and O–H groups in total. The Kier molecular flexibility index (Phi) is 3.92. The van der Waals surface area contributed by atoms with Crippen molar-refractivity contribution in [3.05, 3.63) is 23.4 Å². The number of ether oxygens (including phenoxy) is 1. The SMILES string of the molecule is O=C1CCCC2c3ccc(O[C@H]4CCN(C5CCC5)C4)nc3CCN12. The number of carbonyl (C=O) groups is 1. The minimum Gasteiger partial charge on any atom is -0.473 e. The Hall–Kier alpha value is -1.62. The molecule has 0 radical (unpaired) electrons. The summed E-state index contributed by atoms with van der Waals surface area (Å²) in [6, 6.07) is 5.23. The van der Waals surface area contributed by atoms with E-state index in [0.29, 0.717) is 12.3 Å². The van der Waals surface area contributed by atoms with Crippen molar-refractivity contribution in [2.45, 2.75) is 69.6 Å². The van der Waals surface area contributed by atoms with Crippen LogP contribution in [0.25, 0.3) is 0 Å². The minimum absolute atomic E-state index is 0.243. The highest BCUT2D eigenvalue weighted by Crippen LogP contribution is 2.37. The molecule has 5 rings (SSSR count). The first-order valence-corrected chi connectivity index (χ1v) is 9.98. The summed E-state index contributed by atoms with van der Waals surface area (Å²) in [7, 11) is 0. The number of carbonyl (C=O) groups excluding carboxylic acids is 1. The Morgan fingerprint density at radius 2 is 1.96 bits per heavy atom. The summed E-state index contributed by atoms with van der Waals surface area (Å²) in [5.74, 6) is 1.08. The van der Waals surface area contributed by atoms with Gasteiger partial charge in [-0.1, -0.05) is 6.42 Å². The lowest BCUT2D eigenvalue weighted by molar-refractivity contribution is -0.137. The molecule has 0 bridgehead atoms. The molecule has 4 heterocycles. The van der Waals surface area contributed by atoms with Crippen molar-refractivity contribution in [2.75, 3.05) is 19.6 Å². The van der Waals surface area contributed by atoms with Crippen LogP contribution in [0, 0.1) is 0 Å². The third-order valence-electron chi connectivity index (χ3n) is 6.55. The number of amides is 1. The summed E-state index contributed by atoms with van der Waals surface area (Å²) in [6.07, 6.45) is 9.13. The lowest BCUT2D eigenvalue weighted by Crippen LogP contribution is -2.43. The Balaban J connectivity index is 1.28. The first kappa shape index (κ1) is 15.6. The van der Waals surface area contributed by atoms with Gasteiger partial charge in [-0.05, 0) is 43.7 Å². The maximum Gasteiger partial charge on any atom is 0.223 e. The molecule has 5 nitrogen and oxygen atoms in total. The van der Waals surface area contributed by atoms with Crippen LogP contribution in [0.5, 0.6) is 5.88 Å². The second kappa shape index (κ2) is 6.27. The summed E-state index contributed by atoms with van der Waals surface area (Å²) in [6.45, 7) is 3.03. The molecule has 1 unspecified atom stereocenters. The van der Waals surface area contributed by atoms with Crippen molar-refractivity contribution in [3.63, 3.8) is 0 Å². The Morgan fingerprint density at radius 3 is 2.80 bits per heavy atom. The number of nitrogens with zero attached hydrogens (tertiary/aromatic N) is 3. The molecule has 1 aromatic rings. The molecule has 5 heteroatoms. The average molecular weight is 341 g/mol. The van der Waals surface area contributed by atoms with Crippen LogP contribution in [0.3, 0.4) is 0 Å². The predicted octanol–water partition coefficient (Wildman–Crippen LogP) is 2.70. The molecule has 0 spiro atoms. The van der Waals surface area contributed by atoms with E-state index in [1.54, 1.807) is 0 Å². The van der Waals surface area contributed by atoms with E-state index in [1.807, 2.05) is 6.07 Å². The van der Waals surface area contributed by atoms with Crippen LogP contribution in [0.4, 0.5) is 0 Å². The lowest BCUT2D eigenvalue weighted by Gasteiger charge is -2.40. The van der Waals surface area contributed by atoms with Gasteiger partial charge in [0.15, 0.2) is 0 Å². The van der Waals surface area contributed by atoms with Gasteiger partial charge in [0.25, 0.3) is 0 Å². The topological polar surface area (TPSA) is 45.7 Å². The number of rotatable bonds is 3. The zero-order chi connectivity index (χ0) is 16.8. The number of hydrogen-bond donors (Lipinski definition) is 0. The maximum absolute atomic E-state index is 12.1. The number of hydrogen-bond acceptors (Lipinski definition) is 4. The quantitative estimate of drug-likeness (QED) is 0.848. The van der Waals surface area contributed by atoms with Crippen molar-refractivity contribution in [1.29, 1.82) is 0 Å². The third-order valence-corrected chi connectivity index (χ3v) is 6.55. The van der Waals surface area contributed by atoms with E-state index < -0.39 is 0 Å². The largest absolute Gasteiger partial charge is 0.473 e. The molecule has 134 valence electrons. The minimum atomic E-state index is 0.243. The molecule has 2 atom stereocenters. The molecule has 25 heavy (non-hydrogen) atoms. The molecule has 3 fully saturated rings. The fourth-order valence-corrected chi connectivity index (χ4v) is 4.92. The lowest BCUT2D eigenvalue weighted by atomic mass is 9.89. The van der Waals surface area contributed by atoms with E-state index >= 15 is 0 Å². The van der Waals surface area contributed by atoms with Gasteiger partial charge in [0.2, 0.25) is 11.8 Å². The van der Waals surface area contributed by atoms with E-state index in [4.69, 9.17) is 9.72 Å². The maximum atomic E-state index is 12.1. The number of aromatic nitrogens is 1. The monoisotopic (exact) mass is 341 g/mol. The summed E-state index contributed by atoms with van der Waals surface area (Å²) in [5.41, 5.74) is 2.39. The molecular weight excluding hydrogens is 314 g/mol. The summed E-state index contributed by atoms with van der Waals surface area (Å²) >= 11 is 0. The van der Waals surface area contributed by atoms with E-state index in [9.17, 15) is 4.79 Å². The Labute approximate surface area is 149 Å². The highest BCUT2D eigenvalue weighted by atomic mass is 16.5. The number of likely N-dealkylation sites (tertiary alicyclic amines) is 1. The van der Waals surface area contributed by atoms with Crippen LogP contribution < -0.4 is 4.74 Å². The molecular formula is C20H27N3O2. The molecule has 1 aliphatic carbocycles. The van der Waals surface area contributed by atoms with Gasteiger partial charge in [-0.3, -0.25) is 9.69 Å². The van der Waals surface area contributed by atoms with Crippen LogP contribution in [0.2, 0.25) is 0 Å². The highest BCUT2D eigenvalue weighted by Gasteiger charge is 2.35. The van der Waals surface area contributed by atoms with Gasteiger partial charge in [0.05, 0.1) is 11.7 Å². The standard InChI is InChI=1S/C20H27N3O2/c24-20-6-2-5-18-16-7-8-19(21-17(16)10-12-23(18)20)25-15-9-11-22(13-15)14-3-1-4-14/h7-8,14-15,18H,1-6,9-13H2/t15-,18?/m0/s1. The second-order valence-corrected chi connectivity index (χ2v) is 8.04. The average Bonchev–Trinajstić information content (AvgIpc) is 3.01. The van der Waals surface area contributed by atoms with E-state index in [-0.39, 0.29) is 12.1 Å². The van der Waals surface area contributed by atoms with Crippen LogP contribution in [0.1, 0.15) is 62.2 Å². The van der Waals surface area contributed by atoms with E-state index in [2.05, 4.69) is 15.9 Å². The smallest absolute Gasteiger partial charge is 0.223 e. The number of pyridine rings is 1. The third kappa shape index (κ3) is 2.82. The fourth-order valence-electron chi connectivity index (χ4n) is 4.92. The second-order valence-electron chi connectivity index (χ2n) is 8.04. The van der Waals surface area contributed by atoms with E-state index in [0.717, 1.165) is 56.4 Å². The van der Waals surface area contributed by atoms with Crippen LogP contribution >= 0.6 is 0 Å². The van der Waals surface area contributed by atoms with Gasteiger partial charge in [-0.15, -0.1) is 0 Å². The van der Waals surface area contributed by atoms with Gasteiger partial charge in [-0.2, -0.15) is 0 Å². The van der Waals surface area contributed by atoms with E-state index in [1.165, 1.54) is 31.4 Å². The number of piperidine rings is 1. The highest BCUT2D eigenvalue weighted by molar-refractivity contribution is 5.78. The van der Waals surface area contributed by atoms with Gasteiger partial charge in [0, 0.05) is 44.6 Å².